The number of aliphatic hydroxyl groups excluding tert-OH is 1. The zero-order valence-electron chi connectivity index (χ0n) is 15.2. The van der Waals surface area contributed by atoms with Crippen LogP contribution in [0, 0.1) is 0 Å². The van der Waals surface area contributed by atoms with Crippen molar-refractivity contribution >= 4 is 28.3 Å². The number of fused-ring (bicyclic) bond motifs is 1. The zero-order chi connectivity index (χ0) is 18.6. The molecule has 1 atom stereocenters. The predicted octanol–water partition coefficient (Wildman–Crippen LogP) is 2.48. The molecule has 0 aliphatic carbocycles. The van der Waals surface area contributed by atoms with Gasteiger partial charge in [0.05, 0.1) is 24.0 Å². The fourth-order valence-electron chi connectivity index (χ4n) is 3.70. The number of likely N-dealkylation sites (tertiary alicyclic amines) is 1. The van der Waals surface area contributed by atoms with Gasteiger partial charge in [-0.1, -0.05) is 6.07 Å². The smallest absolute Gasteiger partial charge is 0.251 e. The summed E-state index contributed by atoms with van der Waals surface area (Å²) < 4.78 is 1.89. The molecule has 0 saturated carbocycles. The number of aromatic nitrogens is 2. The first kappa shape index (κ1) is 18.2. The summed E-state index contributed by atoms with van der Waals surface area (Å²) in [5, 5.41) is 14.4. The Labute approximate surface area is 162 Å². The second kappa shape index (κ2) is 8.21. The minimum atomic E-state index is -0.0448. The highest BCUT2D eigenvalue weighted by Crippen LogP contribution is 2.18. The molecule has 0 radical (unpaired) electrons. The van der Waals surface area contributed by atoms with Crippen LogP contribution >= 0.6 is 11.3 Å². The van der Waals surface area contributed by atoms with E-state index in [0.29, 0.717) is 12.1 Å². The van der Waals surface area contributed by atoms with E-state index >= 15 is 0 Å². The first-order chi connectivity index (χ1) is 13.2. The van der Waals surface area contributed by atoms with Crippen molar-refractivity contribution in [2.75, 3.05) is 19.7 Å². The van der Waals surface area contributed by atoms with Crippen LogP contribution in [0.25, 0.3) is 11.0 Å². The lowest BCUT2D eigenvalue weighted by Crippen LogP contribution is -2.47. The number of thiophene rings is 1. The van der Waals surface area contributed by atoms with Crippen LogP contribution in [0.4, 0.5) is 0 Å². The van der Waals surface area contributed by atoms with Gasteiger partial charge in [0.1, 0.15) is 0 Å². The Morgan fingerprint density at radius 1 is 1.37 bits per heavy atom. The molecular formula is C20H24N4O2S. The number of hydrogen-bond acceptors (Lipinski definition) is 5. The van der Waals surface area contributed by atoms with E-state index in [-0.39, 0.29) is 18.6 Å². The van der Waals surface area contributed by atoms with Crippen LogP contribution < -0.4 is 5.32 Å². The zero-order valence-corrected chi connectivity index (χ0v) is 16.0. The van der Waals surface area contributed by atoms with Crippen LogP contribution in [0.1, 0.15) is 28.1 Å². The van der Waals surface area contributed by atoms with E-state index in [2.05, 4.69) is 32.7 Å². The largest absolute Gasteiger partial charge is 0.395 e. The average molecular weight is 385 g/mol. The van der Waals surface area contributed by atoms with Crippen LogP contribution in [-0.4, -0.2) is 51.2 Å². The van der Waals surface area contributed by atoms with Crippen LogP contribution in [0.3, 0.4) is 0 Å². The molecule has 142 valence electrons. The summed E-state index contributed by atoms with van der Waals surface area (Å²) in [6.45, 7) is 3.50. The highest BCUT2D eigenvalue weighted by Gasteiger charge is 2.22. The van der Waals surface area contributed by atoms with E-state index < -0.39 is 0 Å². The summed E-state index contributed by atoms with van der Waals surface area (Å²) in [5.74, 6) is -0.0448. The molecule has 1 fully saturated rings. The number of rotatable bonds is 6. The molecule has 4 rings (SSSR count). The number of nitrogens with zero attached hydrogens (tertiary/aromatic N) is 3. The molecule has 0 unspecified atom stereocenters. The molecular weight excluding hydrogens is 360 g/mol. The molecule has 2 N–H and O–H groups in total. The summed E-state index contributed by atoms with van der Waals surface area (Å²) in [6, 6.07) is 9.98. The third kappa shape index (κ3) is 4.21. The van der Waals surface area contributed by atoms with Crippen molar-refractivity contribution in [3.8, 4) is 0 Å². The maximum Gasteiger partial charge on any atom is 0.251 e. The SMILES string of the molecule is O=C(N[C@H]1CCCN(Cc2cccs2)C1)c1ccc2c(c1)ncn2CCO. The number of benzene rings is 1. The summed E-state index contributed by atoms with van der Waals surface area (Å²) in [7, 11) is 0. The van der Waals surface area contributed by atoms with Gasteiger partial charge < -0.3 is 15.0 Å². The van der Waals surface area contributed by atoms with Crippen molar-refractivity contribution in [1.29, 1.82) is 0 Å². The molecule has 2 aromatic heterocycles. The first-order valence-corrected chi connectivity index (χ1v) is 10.2. The number of imidazole rings is 1. The van der Waals surface area contributed by atoms with Gasteiger partial charge in [0.25, 0.3) is 5.91 Å². The average Bonchev–Trinajstić information content (AvgIpc) is 3.32. The Morgan fingerprint density at radius 3 is 3.11 bits per heavy atom. The van der Waals surface area contributed by atoms with E-state index in [0.717, 1.165) is 43.5 Å². The minimum Gasteiger partial charge on any atom is -0.395 e. The molecule has 1 aliphatic rings. The molecule has 1 aromatic carbocycles. The molecule has 1 aliphatic heterocycles. The van der Waals surface area contributed by atoms with Crippen molar-refractivity contribution in [2.45, 2.75) is 32.0 Å². The Kier molecular flexibility index (Phi) is 5.52. The summed E-state index contributed by atoms with van der Waals surface area (Å²) in [5.41, 5.74) is 2.34. The van der Waals surface area contributed by atoms with Gasteiger partial charge in [0.15, 0.2) is 0 Å². The van der Waals surface area contributed by atoms with Gasteiger partial charge in [-0.3, -0.25) is 9.69 Å². The third-order valence-corrected chi connectivity index (χ3v) is 5.89. The fourth-order valence-corrected chi connectivity index (χ4v) is 4.45. The molecule has 0 bridgehead atoms. The highest BCUT2D eigenvalue weighted by molar-refractivity contribution is 7.09. The molecule has 1 amide bonds. The van der Waals surface area contributed by atoms with Gasteiger partial charge in [-0.25, -0.2) is 4.98 Å². The number of carbonyl (C=O) groups excluding carboxylic acids is 1. The summed E-state index contributed by atoms with van der Waals surface area (Å²) >= 11 is 1.78. The summed E-state index contributed by atoms with van der Waals surface area (Å²) in [6.07, 6.45) is 3.81. The Morgan fingerprint density at radius 2 is 2.30 bits per heavy atom. The number of hydrogen-bond donors (Lipinski definition) is 2. The van der Waals surface area contributed by atoms with Gasteiger partial charge in [0, 0.05) is 36.1 Å². The van der Waals surface area contributed by atoms with Crippen LogP contribution in [0.5, 0.6) is 0 Å². The normalized spacial score (nSPS) is 18.0. The van der Waals surface area contributed by atoms with Gasteiger partial charge in [-0.05, 0) is 49.0 Å². The van der Waals surface area contributed by atoms with Crippen LogP contribution in [0.2, 0.25) is 0 Å². The van der Waals surface area contributed by atoms with Crippen LogP contribution in [0.15, 0.2) is 42.0 Å². The Balaban J connectivity index is 1.40. The van der Waals surface area contributed by atoms with Crippen LogP contribution in [-0.2, 0) is 13.1 Å². The lowest BCUT2D eigenvalue weighted by atomic mass is 10.0. The maximum atomic E-state index is 12.7. The molecule has 3 heterocycles. The van der Waals surface area contributed by atoms with E-state index in [9.17, 15) is 4.79 Å². The quantitative estimate of drug-likeness (QED) is 0.685. The molecule has 3 aromatic rings. The van der Waals surface area contributed by atoms with Gasteiger partial charge in [-0.2, -0.15) is 0 Å². The Bertz CT molecular complexity index is 906. The molecule has 6 nitrogen and oxygen atoms in total. The van der Waals surface area contributed by atoms with E-state index in [1.165, 1.54) is 4.88 Å². The lowest BCUT2D eigenvalue weighted by molar-refractivity contribution is 0.0901. The van der Waals surface area contributed by atoms with Crippen molar-refractivity contribution in [3.63, 3.8) is 0 Å². The predicted molar refractivity (Wildman–Crippen MR) is 107 cm³/mol. The number of carbonyl (C=O) groups is 1. The van der Waals surface area contributed by atoms with E-state index in [4.69, 9.17) is 5.11 Å². The molecule has 7 heteroatoms. The topological polar surface area (TPSA) is 70.4 Å². The van der Waals surface area contributed by atoms with E-state index in [1.54, 1.807) is 17.7 Å². The number of amides is 1. The number of nitrogens with one attached hydrogen (secondary N) is 1. The number of aliphatic hydroxyl groups is 1. The standard InChI is InChI=1S/C20H24N4O2S/c25-9-8-24-14-21-18-11-15(5-6-19(18)24)20(26)22-16-3-1-7-23(12-16)13-17-4-2-10-27-17/h2,4-6,10-11,14,16,25H,1,3,7-9,12-13H2,(H,22,26)/t16-/m0/s1. The second-order valence-corrected chi connectivity index (χ2v) is 8.02. The first-order valence-electron chi connectivity index (χ1n) is 9.34. The van der Waals surface area contributed by atoms with Gasteiger partial charge in [-0.15, -0.1) is 11.3 Å². The van der Waals surface area contributed by atoms with Crippen molar-refractivity contribution in [2.24, 2.45) is 0 Å². The molecule has 1 saturated heterocycles. The second-order valence-electron chi connectivity index (χ2n) is 6.99. The molecule has 0 spiro atoms. The van der Waals surface area contributed by atoms with Crippen molar-refractivity contribution in [3.05, 3.63) is 52.5 Å². The minimum absolute atomic E-state index is 0.0448. The monoisotopic (exact) mass is 384 g/mol. The van der Waals surface area contributed by atoms with Crippen molar-refractivity contribution in [1.82, 2.24) is 19.8 Å². The van der Waals surface area contributed by atoms with Crippen molar-refractivity contribution < 1.29 is 9.90 Å². The number of piperidine rings is 1. The van der Waals surface area contributed by atoms with Gasteiger partial charge >= 0.3 is 0 Å². The van der Waals surface area contributed by atoms with E-state index in [1.807, 2.05) is 22.8 Å². The van der Waals surface area contributed by atoms with Gasteiger partial charge in [0.2, 0.25) is 0 Å². The Hall–Kier alpha value is -2.22. The molecule has 27 heavy (non-hydrogen) atoms. The third-order valence-electron chi connectivity index (χ3n) is 5.02. The highest BCUT2D eigenvalue weighted by atomic mass is 32.1. The fraction of sp³-hybridized carbons (Fsp3) is 0.400. The summed E-state index contributed by atoms with van der Waals surface area (Å²) in [4.78, 5) is 20.8. The maximum absolute atomic E-state index is 12.7. The lowest BCUT2D eigenvalue weighted by Gasteiger charge is -2.32.